The zero-order valence-corrected chi connectivity index (χ0v) is 11.9. The van der Waals surface area contributed by atoms with Gasteiger partial charge in [-0.1, -0.05) is 18.6 Å². The number of amides is 1. The molecule has 0 spiro atoms. The lowest BCUT2D eigenvalue weighted by Gasteiger charge is -2.23. The molecule has 0 unspecified atom stereocenters. The van der Waals surface area contributed by atoms with Crippen molar-refractivity contribution >= 4 is 17.6 Å². The molecule has 2 fully saturated rings. The van der Waals surface area contributed by atoms with Gasteiger partial charge in [0.25, 0.3) is 11.6 Å². The van der Waals surface area contributed by atoms with Crippen molar-refractivity contribution in [3.05, 3.63) is 39.9 Å². The van der Waals surface area contributed by atoms with E-state index >= 15 is 0 Å². The summed E-state index contributed by atoms with van der Waals surface area (Å²) < 4.78 is 0. The highest BCUT2D eigenvalue weighted by atomic mass is 16.6. The lowest BCUT2D eigenvalue weighted by Crippen LogP contribution is -2.37. The van der Waals surface area contributed by atoms with Crippen LogP contribution in [-0.2, 0) is 4.79 Å². The monoisotopic (exact) mass is 304 g/mol. The minimum Gasteiger partial charge on any atom is -0.481 e. The average Bonchev–Trinajstić information content (AvgIpc) is 3.04. The van der Waals surface area contributed by atoms with Crippen molar-refractivity contribution in [2.45, 2.75) is 19.3 Å². The summed E-state index contributed by atoms with van der Waals surface area (Å²) in [7, 11) is 0. The molecule has 7 heteroatoms. The van der Waals surface area contributed by atoms with Crippen molar-refractivity contribution in [3.8, 4) is 0 Å². The van der Waals surface area contributed by atoms with Crippen LogP contribution in [0.4, 0.5) is 5.69 Å². The molecule has 3 rings (SSSR count). The standard InChI is InChI=1S/C15H16N2O5/c18-13(11-5-1-2-6-12(11)17(21)22)16-8-10-4-3-7-15(10,9-16)14(19)20/h1-2,5-6,10H,3-4,7-9H2,(H,19,20)/t10-,15+/m0/s1. The van der Waals surface area contributed by atoms with E-state index in [0.717, 1.165) is 12.8 Å². The fourth-order valence-corrected chi connectivity index (χ4v) is 3.78. The molecule has 2 atom stereocenters. The number of nitro groups is 1. The van der Waals surface area contributed by atoms with Crippen molar-refractivity contribution in [2.24, 2.45) is 11.3 Å². The lowest BCUT2D eigenvalue weighted by atomic mass is 9.81. The molecule has 1 heterocycles. The molecule has 0 bridgehead atoms. The number of benzene rings is 1. The van der Waals surface area contributed by atoms with E-state index in [9.17, 15) is 24.8 Å². The van der Waals surface area contributed by atoms with E-state index in [0.29, 0.717) is 13.0 Å². The second-order valence-electron chi connectivity index (χ2n) is 6.01. The van der Waals surface area contributed by atoms with Gasteiger partial charge in [-0.2, -0.15) is 0 Å². The predicted molar refractivity (Wildman–Crippen MR) is 76.4 cm³/mol. The molecule has 1 aromatic carbocycles. The molecule has 1 aliphatic carbocycles. The van der Waals surface area contributed by atoms with Crippen molar-refractivity contribution in [1.29, 1.82) is 0 Å². The first kappa shape index (κ1) is 14.5. The Bertz CT molecular complexity index is 659. The third-order valence-electron chi connectivity index (χ3n) is 4.92. The van der Waals surface area contributed by atoms with Crippen LogP contribution in [0, 0.1) is 21.4 Å². The minimum atomic E-state index is -0.876. The van der Waals surface area contributed by atoms with Gasteiger partial charge in [0.15, 0.2) is 0 Å². The summed E-state index contributed by atoms with van der Waals surface area (Å²) >= 11 is 0. The number of carbonyl (C=O) groups excluding carboxylic acids is 1. The van der Waals surface area contributed by atoms with Crippen molar-refractivity contribution < 1.29 is 19.6 Å². The van der Waals surface area contributed by atoms with E-state index in [1.54, 1.807) is 6.07 Å². The molecule has 1 aliphatic heterocycles. The quantitative estimate of drug-likeness (QED) is 0.679. The highest BCUT2D eigenvalue weighted by Crippen LogP contribution is 2.49. The molecule has 1 amide bonds. The summed E-state index contributed by atoms with van der Waals surface area (Å²) in [6.45, 7) is 0.495. The Balaban J connectivity index is 1.89. The van der Waals surface area contributed by atoms with E-state index in [-0.39, 0.29) is 23.7 Å². The number of carboxylic acid groups (broad SMARTS) is 1. The molecule has 22 heavy (non-hydrogen) atoms. The predicted octanol–water partition coefficient (Wildman–Crippen LogP) is 1.92. The molecule has 1 N–H and O–H groups in total. The van der Waals surface area contributed by atoms with Gasteiger partial charge < -0.3 is 10.0 Å². The van der Waals surface area contributed by atoms with Crippen LogP contribution in [0.15, 0.2) is 24.3 Å². The Morgan fingerprint density at radius 2 is 2.09 bits per heavy atom. The highest BCUT2D eigenvalue weighted by molar-refractivity contribution is 5.98. The number of aliphatic carboxylic acids is 1. The van der Waals surface area contributed by atoms with Gasteiger partial charge in [-0.05, 0) is 24.8 Å². The van der Waals surface area contributed by atoms with Crippen molar-refractivity contribution in [3.63, 3.8) is 0 Å². The van der Waals surface area contributed by atoms with Gasteiger partial charge in [0.2, 0.25) is 0 Å². The van der Waals surface area contributed by atoms with Crippen LogP contribution < -0.4 is 0 Å². The van der Waals surface area contributed by atoms with Crippen LogP contribution in [0.2, 0.25) is 0 Å². The van der Waals surface area contributed by atoms with Crippen LogP contribution in [0.3, 0.4) is 0 Å². The Labute approximate surface area is 126 Å². The van der Waals surface area contributed by atoms with Gasteiger partial charge in [-0.3, -0.25) is 19.7 Å². The van der Waals surface area contributed by atoms with Crippen LogP contribution in [-0.4, -0.2) is 39.9 Å². The summed E-state index contributed by atoms with van der Waals surface area (Å²) in [5, 5.41) is 20.6. The van der Waals surface area contributed by atoms with E-state index < -0.39 is 22.2 Å². The lowest BCUT2D eigenvalue weighted by molar-refractivity contribution is -0.385. The molecular weight excluding hydrogens is 288 g/mol. The van der Waals surface area contributed by atoms with E-state index in [1.807, 2.05) is 0 Å². The summed E-state index contributed by atoms with van der Waals surface area (Å²) in [5.74, 6) is -1.38. The molecule has 0 aromatic heterocycles. The number of hydrogen-bond acceptors (Lipinski definition) is 4. The summed E-state index contributed by atoms with van der Waals surface area (Å²) in [6, 6.07) is 5.79. The first-order valence-electron chi connectivity index (χ1n) is 7.22. The van der Waals surface area contributed by atoms with Gasteiger partial charge in [0.1, 0.15) is 5.56 Å². The van der Waals surface area contributed by atoms with E-state index in [4.69, 9.17) is 0 Å². The number of likely N-dealkylation sites (tertiary alicyclic amines) is 1. The Hall–Kier alpha value is -2.44. The molecule has 0 radical (unpaired) electrons. The summed E-state index contributed by atoms with van der Waals surface area (Å²) in [6.07, 6.45) is 2.20. The van der Waals surface area contributed by atoms with Gasteiger partial charge in [-0.25, -0.2) is 0 Å². The molecule has 116 valence electrons. The number of fused-ring (bicyclic) bond motifs is 1. The van der Waals surface area contributed by atoms with Crippen molar-refractivity contribution in [1.82, 2.24) is 4.90 Å². The first-order valence-corrected chi connectivity index (χ1v) is 7.22. The fourth-order valence-electron chi connectivity index (χ4n) is 3.78. The minimum absolute atomic E-state index is 0.0213. The number of nitro benzene ring substituents is 1. The highest BCUT2D eigenvalue weighted by Gasteiger charge is 2.56. The van der Waals surface area contributed by atoms with Crippen molar-refractivity contribution in [2.75, 3.05) is 13.1 Å². The number of carboxylic acids is 1. The van der Waals surface area contributed by atoms with Gasteiger partial charge in [0.05, 0.1) is 10.3 Å². The number of hydrogen-bond donors (Lipinski definition) is 1. The zero-order chi connectivity index (χ0) is 15.9. The second kappa shape index (κ2) is 5.08. The summed E-state index contributed by atoms with van der Waals surface area (Å²) in [5.41, 5.74) is -1.10. The van der Waals surface area contributed by atoms with Gasteiger partial charge >= 0.3 is 5.97 Å². The molecule has 1 aromatic rings. The third-order valence-corrected chi connectivity index (χ3v) is 4.92. The van der Waals surface area contributed by atoms with Gasteiger partial charge in [-0.15, -0.1) is 0 Å². The second-order valence-corrected chi connectivity index (χ2v) is 6.01. The number of rotatable bonds is 3. The van der Waals surface area contributed by atoms with Crippen LogP contribution in [0.5, 0.6) is 0 Å². The maximum Gasteiger partial charge on any atom is 0.311 e. The number of para-hydroxylation sites is 1. The van der Waals surface area contributed by atoms with E-state index in [2.05, 4.69) is 0 Å². The molecule has 2 aliphatic rings. The maximum absolute atomic E-state index is 12.6. The number of carbonyl (C=O) groups is 2. The van der Waals surface area contributed by atoms with Crippen LogP contribution >= 0.6 is 0 Å². The average molecular weight is 304 g/mol. The topological polar surface area (TPSA) is 101 Å². The first-order chi connectivity index (χ1) is 10.5. The molecular formula is C15H16N2O5. The molecule has 1 saturated carbocycles. The third kappa shape index (κ3) is 2.04. The van der Waals surface area contributed by atoms with Crippen LogP contribution in [0.1, 0.15) is 29.6 Å². The Kier molecular flexibility index (Phi) is 3.35. The van der Waals surface area contributed by atoms with E-state index in [1.165, 1.54) is 23.1 Å². The number of nitrogens with zero attached hydrogens (tertiary/aromatic N) is 2. The molecule has 1 saturated heterocycles. The zero-order valence-electron chi connectivity index (χ0n) is 11.9. The smallest absolute Gasteiger partial charge is 0.311 e. The van der Waals surface area contributed by atoms with Gasteiger partial charge in [0, 0.05) is 19.2 Å². The largest absolute Gasteiger partial charge is 0.481 e. The SMILES string of the molecule is O=C(c1ccccc1[N+](=O)[O-])N1C[C@@H]2CCC[C@@]2(C(=O)O)C1. The maximum atomic E-state index is 12.6. The molecule has 7 nitrogen and oxygen atoms in total. The summed E-state index contributed by atoms with van der Waals surface area (Å²) in [4.78, 5) is 36.2. The Morgan fingerprint density at radius 1 is 1.36 bits per heavy atom. The van der Waals surface area contributed by atoms with Crippen LogP contribution in [0.25, 0.3) is 0 Å². The Morgan fingerprint density at radius 3 is 2.73 bits per heavy atom. The normalized spacial score (nSPS) is 26.7. The fraction of sp³-hybridized carbons (Fsp3) is 0.467.